The van der Waals surface area contributed by atoms with E-state index in [1.54, 1.807) is 15.6 Å². The van der Waals surface area contributed by atoms with Crippen LogP contribution in [0.3, 0.4) is 0 Å². The van der Waals surface area contributed by atoms with Crippen molar-refractivity contribution in [1.82, 2.24) is 24.4 Å². The van der Waals surface area contributed by atoms with Gasteiger partial charge in [0.1, 0.15) is 6.10 Å². The van der Waals surface area contributed by atoms with Crippen LogP contribution >= 0.6 is 0 Å². The Balaban J connectivity index is 1.58. The van der Waals surface area contributed by atoms with E-state index in [-0.39, 0.29) is 5.91 Å². The lowest BCUT2D eigenvalue weighted by Gasteiger charge is -2.35. The predicted molar refractivity (Wildman–Crippen MR) is 76.5 cm³/mol. The summed E-state index contributed by atoms with van der Waals surface area (Å²) in [5, 5.41) is 13.5. The van der Waals surface area contributed by atoms with Crippen molar-refractivity contribution >= 4 is 11.6 Å². The molecule has 1 fully saturated rings. The zero-order valence-corrected chi connectivity index (χ0v) is 12.0. The van der Waals surface area contributed by atoms with E-state index in [2.05, 4.69) is 15.0 Å². The summed E-state index contributed by atoms with van der Waals surface area (Å²) in [4.78, 5) is 20.1. The van der Waals surface area contributed by atoms with Gasteiger partial charge in [0.05, 0.1) is 6.20 Å². The standard InChI is InChI=1S/C14H19N5O2/c1-11(20)14(21)18-6-4-17(5-7-18)9-12-8-15-13-2-3-16-19(13)10-12/h2-3,8,10-11,20H,4-7,9H2,1H3. The van der Waals surface area contributed by atoms with Gasteiger partial charge in [-0.05, 0) is 6.92 Å². The first-order valence-electron chi connectivity index (χ1n) is 7.11. The maximum absolute atomic E-state index is 11.7. The van der Waals surface area contributed by atoms with E-state index in [0.717, 1.165) is 30.8 Å². The van der Waals surface area contributed by atoms with Crippen LogP contribution < -0.4 is 0 Å². The Kier molecular flexibility index (Phi) is 3.85. The molecular formula is C14H19N5O2. The molecule has 0 spiro atoms. The van der Waals surface area contributed by atoms with E-state index in [1.807, 2.05) is 18.5 Å². The molecule has 1 amide bonds. The van der Waals surface area contributed by atoms with Crippen molar-refractivity contribution < 1.29 is 9.90 Å². The minimum atomic E-state index is -0.914. The number of nitrogens with zero attached hydrogens (tertiary/aromatic N) is 5. The highest BCUT2D eigenvalue weighted by molar-refractivity contribution is 5.80. The second-order valence-corrected chi connectivity index (χ2v) is 5.37. The van der Waals surface area contributed by atoms with Gasteiger partial charge in [-0.1, -0.05) is 0 Å². The number of piperazine rings is 1. The molecule has 112 valence electrons. The highest BCUT2D eigenvalue weighted by atomic mass is 16.3. The topological polar surface area (TPSA) is 74.0 Å². The van der Waals surface area contributed by atoms with Crippen LogP contribution in [0.5, 0.6) is 0 Å². The fraction of sp³-hybridized carbons (Fsp3) is 0.500. The number of hydrogen-bond donors (Lipinski definition) is 1. The summed E-state index contributed by atoms with van der Waals surface area (Å²) < 4.78 is 1.77. The van der Waals surface area contributed by atoms with Gasteiger partial charge < -0.3 is 10.0 Å². The normalized spacial score (nSPS) is 18.1. The van der Waals surface area contributed by atoms with Gasteiger partial charge in [-0.3, -0.25) is 9.69 Å². The van der Waals surface area contributed by atoms with Crippen molar-refractivity contribution in [2.75, 3.05) is 26.2 Å². The molecule has 1 unspecified atom stereocenters. The first kappa shape index (κ1) is 14.0. The quantitative estimate of drug-likeness (QED) is 0.844. The maximum atomic E-state index is 11.7. The molecule has 0 saturated carbocycles. The molecule has 1 saturated heterocycles. The Morgan fingerprint density at radius 1 is 1.38 bits per heavy atom. The van der Waals surface area contributed by atoms with Crippen molar-refractivity contribution in [2.45, 2.75) is 19.6 Å². The van der Waals surface area contributed by atoms with E-state index in [4.69, 9.17) is 0 Å². The molecule has 0 aliphatic carbocycles. The van der Waals surface area contributed by atoms with Gasteiger partial charge in [-0.15, -0.1) is 0 Å². The first-order chi connectivity index (χ1) is 10.1. The smallest absolute Gasteiger partial charge is 0.251 e. The second kappa shape index (κ2) is 5.79. The van der Waals surface area contributed by atoms with E-state index in [9.17, 15) is 9.90 Å². The number of carbonyl (C=O) groups excluding carboxylic acids is 1. The molecule has 3 rings (SSSR count). The van der Waals surface area contributed by atoms with Gasteiger partial charge in [0.15, 0.2) is 5.65 Å². The lowest BCUT2D eigenvalue weighted by atomic mass is 10.2. The van der Waals surface area contributed by atoms with Crippen molar-refractivity contribution in [1.29, 1.82) is 0 Å². The highest BCUT2D eigenvalue weighted by Gasteiger charge is 2.23. The zero-order valence-electron chi connectivity index (χ0n) is 12.0. The van der Waals surface area contributed by atoms with Crippen LogP contribution in [0.1, 0.15) is 12.5 Å². The Labute approximate surface area is 122 Å². The molecule has 7 nitrogen and oxygen atoms in total. The average molecular weight is 289 g/mol. The van der Waals surface area contributed by atoms with Gasteiger partial charge in [0, 0.05) is 56.7 Å². The number of amides is 1. The minimum Gasteiger partial charge on any atom is -0.384 e. The lowest BCUT2D eigenvalue weighted by Crippen LogP contribution is -2.50. The van der Waals surface area contributed by atoms with Gasteiger partial charge in [0.2, 0.25) is 0 Å². The number of hydrogen-bond acceptors (Lipinski definition) is 5. The van der Waals surface area contributed by atoms with E-state index < -0.39 is 6.10 Å². The van der Waals surface area contributed by atoms with Crippen LogP contribution in [0.2, 0.25) is 0 Å². The van der Waals surface area contributed by atoms with Gasteiger partial charge >= 0.3 is 0 Å². The Bertz CT molecular complexity index is 631. The summed E-state index contributed by atoms with van der Waals surface area (Å²) in [6.45, 7) is 5.22. The molecule has 3 heterocycles. The van der Waals surface area contributed by atoms with E-state index in [0.29, 0.717) is 13.1 Å². The number of carbonyl (C=O) groups is 1. The lowest BCUT2D eigenvalue weighted by molar-refractivity contribution is -0.141. The summed E-state index contributed by atoms with van der Waals surface area (Å²) in [5.41, 5.74) is 1.94. The Morgan fingerprint density at radius 3 is 2.86 bits per heavy atom. The molecule has 0 radical (unpaired) electrons. The van der Waals surface area contributed by atoms with Crippen molar-refractivity contribution in [3.05, 3.63) is 30.2 Å². The fourth-order valence-electron chi connectivity index (χ4n) is 2.58. The summed E-state index contributed by atoms with van der Waals surface area (Å²) in [7, 11) is 0. The molecule has 0 bridgehead atoms. The third-order valence-electron chi connectivity index (χ3n) is 3.75. The van der Waals surface area contributed by atoms with Crippen molar-refractivity contribution in [3.8, 4) is 0 Å². The largest absolute Gasteiger partial charge is 0.384 e. The van der Waals surface area contributed by atoms with Crippen molar-refractivity contribution in [3.63, 3.8) is 0 Å². The average Bonchev–Trinajstić information content (AvgIpc) is 2.95. The molecule has 2 aromatic heterocycles. The third-order valence-corrected chi connectivity index (χ3v) is 3.75. The summed E-state index contributed by atoms with van der Waals surface area (Å²) in [6, 6.07) is 1.87. The van der Waals surface area contributed by atoms with Gasteiger partial charge in [-0.2, -0.15) is 5.10 Å². The molecule has 7 heteroatoms. The van der Waals surface area contributed by atoms with Gasteiger partial charge in [-0.25, -0.2) is 9.50 Å². The molecule has 0 aromatic carbocycles. The number of fused-ring (bicyclic) bond motifs is 1. The Hall–Kier alpha value is -1.99. The van der Waals surface area contributed by atoms with Crippen molar-refractivity contribution in [2.24, 2.45) is 0 Å². The fourth-order valence-corrected chi connectivity index (χ4v) is 2.58. The summed E-state index contributed by atoms with van der Waals surface area (Å²) >= 11 is 0. The molecular weight excluding hydrogens is 270 g/mol. The second-order valence-electron chi connectivity index (χ2n) is 5.37. The van der Waals surface area contributed by atoms with Gasteiger partial charge in [0.25, 0.3) is 5.91 Å². The molecule has 1 N–H and O–H groups in total. The minimum absolute atomic E-state index is 0.186. The Morgan fingerprint density at radius 2 is 2.14 bits per heavy atom. The molecule has 1 aliphatic rings. The number of rotatable bonds is 3. The SMILES string of the molecule is CC(O)C(=O)N1CCN(Cc2cnc3ccnn3c2)CC1. The van der Waals surface area contributed by atoms with Crippen LogP contribution in [0.4, 0.5) is 0 Å². The third kappa shape index (κ3) is 3.03. The molecule has 1 aliphatic heterocycles. The molecule has 2 aromatic rings. The predicted octanol–water partition coefficient (Wildman–Crippen LogP) is -0.246. The zero-order chi connectivity index (χ0) is 14.8. The van der Waals surface area contributed by atoms with Crippen LogP contribution in [0.15, 0.2) is 24.7 Å². The first-order valence-corrected chi connectivity index (χ1v) is 7.11. The summed E-state index contributed by atoms with van der Waals surface area (Å²) in [6.07, 6.45) is 4.66. The van der Waals surface area contributed by atoms with Crippen LogP contribution in [-0.4, -0.2) is 67.7 Å². The monoisotopic (exact) mass is 289 g/mol. The molecule has 21 heavy (non-hydrogen) atoms. The van der Waals surface area contributed by atoms with Crippen LogP contribution in [0, 0.1) is 0 Å². The number of aliphatic hydroxyl groups is 1. The van der Waals surface area contributed by atoms with Crippen LogP contribution in [-0.2, 0) is 11.3 Å². The molecule has 1 atom stereocenters. The van der Waals surface area contributed by atoms with E-state index >= 15 is 0 Å². The highest BCUT2D eigenvalue weighted by Crippen LogP contribution is 2.09. The number of aliphatic hydroxyl groups excluding tert-OH is 1. The maximum Gasteiger partial charge on any atom is 0.251 e. The van der Waals surface area contributed by atoms with E-state index in [1.165, 1.54) is 6.92 Å². The summed E-state index contributed by atoms with van der Waals surface area (Å²) in [5.74, 6) is -0.186. The number of aromatic nitrogens is 3. The van der Waals surface area contributed by atoms with Crippen LogP contribution in [0.25, 0.3) is 5.65 Å².